The van der Waals surface area contributed by atoms with E-state index in [0.717, 1.165) is 0 Å². The minimum absolute atomic E-state index is 0.217. The van der Waals surface area contributed by atoms with Gasteiger partial charge in [0.05, 0.1) is 5.69 Å². The minimum atomic E-state index is -0.981. The molecular formula is C12H11ClN2O2. The Kier molecular flexibility index (Phi) is 2.90. The summed E-state index contributed by atoms with van der Waals surface area (Å²) in [5, 5.41) is 14.0. The maximum Gasteiger partial charge on any atom is 0.339 e. The Labute approximate surface area is 103 Å². The van der Waals surface area contributed by atoms with E-state index >= 15 is 0 Å². The van der Waals surface area contributed by atoms with Gasteiger partial charge in [0, 0.05) is 17.6 Å². The van der Waals surface area contributed by atoms with Gasteiger partial charge in [-0.25, -0.2) is 4.79 Å². The molecule has 5 heteroatoms. The number of rotatable bonds is 2. The fraction of sp³-hybridized carbons (Fsp3) is 0.167. The molecule has 0 unspecified atom stereocenters. The SMILES string of the molecule is Cc1c(C(=O)O)c(-c2cccc(Cl)c2)nn1C. The van der Waals surface area contributed by atoms with E-state index in [9.17, 15) is 9.90 Å². The van der Waals surface area contributed by atoms with Crippen molar-refractivity contribution in [2.45, 2.75) is 6.92 Å². The van der Waals surface area contributed by atoms with E-state index in [1.807, 2.05) is 0 Å². The first kappa shape index (κ1) is 11.7. The number of aromatic nitrogens is 2. The van der Waals surface area contributed by atoms with Gasteiger partial charge in [0.1, 0.15) is 11.3 Å². The highest BCUT2D eigenvalue weighted by Gasteiger charge is 2.20. The molecule has 0 atom stereocenters. The number of halogens is 1. The molecule has 0 aliphatic rings. The van der Waals surface area contributed by atoms with Crippen molar-refractivity contribution in [1.29, 1.82) is 0 Å². The molecule has 1 aromatic heterocycles. The molecule has 0 radical (unpaired) electrons. The Morgan fingerprint density at radius 3 is 2.76 bits per heavy atom. The number of benzene rings is 1. The third-order valence-electron chi connectivity index (χ3n) is 2.65. The van der Waals surface area contributed by atoms with Gasteiger partial charge in [-0.3, -0.25) is 4.68 Å². The molecule has 17 heavy (non-hydrogen) atoms. The summed E-state index contributed by atoms with van der Waals surface area (Å²) < 4.78 is 1.56. The monoisotopic (exact) mass is 250 g/mol. The van der Waals surface area contributed by atoms with Crippen molar-refractivity contribution in [3.63, 3.8) is 0 Å². The van der Waals surface area contributed by atoms with Crippen LogP contribution in [0.3, 0.4) is 0 Å². The Bertz CT molecular complexity index is 590. The van der Waals surface area contributed by atoms with Crippen LogP contribution in [0.2, 0.25) is 5.02 Å². The number of aromatic carboxylic acids is 1. The second kappa shape index (κ2) is 4.22. The lowest BCUT2D eigenvalue weighted by molar-refractivity contribution is 0.0697. The van der Waals surface area contributed by atoms with Crippen molar-refractivity contribution in [3.8, 4) is 11.3 Å². The summed E-state index contributed by atoms with van der Waals surface area (Å²) >= 11 is 5.89. The van der Waals surface area contributed by atoms with E-state index in [0.29, 0.717) is 22.0 Å². The van der Waals surface area contributed by atoms with Crippen LogP contribution < -0.4 is 0 Å². The van der Waals surface area contributed by atoms with Gasteiger partial charge in [0.25, 0.3) is 0 Å². The third kappa shape index (κ3) is 2.03. The zero-order valence-electron chi connectivity index (χ0n) is 9.44. The summed E-state index contributed by atoms with van der Waals surface area (Å²) in [7, 11) is 1.72. The summed E-state index contributed by atoms with van der Waals surface area (Å²) in [4.78, 5) is 11.2. The average molecular weight is 251 g/mol. The van der Waals surface area contributed by atoms with E-state index in [1.54, 1.807) is 42.9 Å². The summed E-state index contributed by atoms with van der Waals surface area (Å²) in [6.45, 7) is 1.73. The van der Waals surface area contributed by atoms with Gasteiger partial charge < -0.3 is 5.11 Å². The lowest BCUT2D eigenvalue weighted by Crippen LogP contribution is -2.00. The standard InChI is InChI=1S/C12H11ClN2O2/c1-7-10(12(16)17)11(14-15(7)2)8-4-3-5-9(13)6-8/h3-6H,1-2H3,(H,16,17). The highest BCUT2D eigenvalue weighted by atomic mass is 35.5. The van der Waals surface area contributed by atoms with Crippen molar-refractivity contribution in [1.82, 2.24) is 9.78 Å². The summed E-state index contributed by atoms with van der Waals surface area (Å²) in [5.41, 5.74) is 1.99. The number of nitrogens with zero attached hydrogens (tertiary/aromatic N) is 2. The van der Waals surface area contributed by atoms with Crippen molar-refractivity contribution < 1.29 is 9.90 Å². The Morgan fingerprint density at radius 2 is 2.18 bits per heavy atom. The van der Waals surface area contributed by atoms with Crippen LogP contribution in [0.15, 0.2) is 24.3 Å². The van der Waals surface area contributed by atoms with Gasteiger partial charge in [0.15, 0.2) is 0 Å². The van der Waals surface area contributed by atoms with Crippen LogP contribution in [0.25, 0.3) is 11.3 Å². The van der Waals surface area contributed by atoms with Gasteiger partial charge in [-0.2, -0.15) is 5.10 Å². The molecule has 0 fully saturated rings. The molecule has 4 nitrogen and oxygen atoms in total. The molecule has 1 aromatic carbocycles. The molecule has 0 aliphatic carbocycles. The fourth-order valence-corrected chi connectivity index (χ4v) is 1.89. The van der Waals surface area contributed by atoms with Crippen LogP contribution in [0, 0.1) is 6.92 Å². The molecule has 0 aliphatic heterocycles. The smallest absolute Gasteiger partial charge is 0.339 e. The van der Waals surface area contributed by atoms with Crippen LogP contribution in [0.4, 0.5) is 0 Å². The second-order valence-corrected chi connectivity index (χ2v) is 4.18. The lowest BCUT2D eigenvalue weighted by atomic mass is 10.1. The summed E-state index contributed by atoms with van der Waals surface area (Å²) in [6, 6.07) is 7.00. The molecule has 2 aromatic rings. The summed E-state index contributed by atoms with van der Waals surface area (Å²) in [5.74, 6) is -0.981. The van der Waals surface area contributed by atoms with E-state index in [4.69, 9.17) is 11.6 Å². The molecule has 1 heterocycles. The number of carboxylic acid groups (broad SMARTS) is 1. The van der Waals surface area contributed by atoms with Crippen molar-refractivity contribution in [2.75, 3.05) is 0 Å². The maximum absolute atomic E-state index is 11.2. The predicted octanol–water partition coefficient (Wildman–Crippen LogP) is 2.75. The fourth-order valence-electron chi connectivity index (χ4n) is 1.70. The summed E-state index contributed by atoms with van der Waals surface area (Å²) in [6.07, 6.45) is 0. The first-order chi connectivity index (χ1) is 8.00. The number of hydrogen-bond donors (Lipinski definition) is 1. The molecule has 0 bridgehead atoms. The van der Waals surface area contributed by atoms with E-state index in [2.05, 4.69) is 5.10 Å². The normalized spacial score (nSPS) is 10.5. The number of carbonyl (C=O) groups is 1. The number of hydrogen-bond acceptors (Lipinski definition) is 2. The molecule has 0 amide bonds. The number of carboxylic acids is 1. The lowest BCUT2D eigenvalue weighted by Gasteiger charge is -1.99. The Balaban J connectivity index is 2.67. The molecular weight excluding hydrogens is 240 g/mol. The van der Waals surface area contributed by atoms with Crippen LogP contribution in [0.1, 0.15) is 16.1 Å². The quantitative estimate of drug-likeness (QED) is 0.892. The van der Waals surface area contributed by atoms with Gasteiger partial charge in [0.2, 0.25) is 0 Å². The van der Waals surface area contributed by atoms with E-state index < -0.39 is 5.97 Å². The topological polar surface area (TPSA) is 55.1 Å². The second-order valence-electron chi connectivity index (χ2n) is 3.75. The maximum atomic E-state index is 11.2. The van der Waals surface area contributed by atoms with E-state index in [1.165, 1.54) is 0 Å². The Hall–Kier alpha value is -1.81. The zero-order valence-corrected chi connectivity index (χ0v) is 10.2. The van der Waals surface area contributed by atoms with Gasteiger partial charge >= 0.3 is 5.97 Å². The Morgan fingerprint density at radius 1 is 1.47 bits per heavy atom. The van der Waals surface area contributed by atoms with Gasteiger partial charge in [-0.05, 0) is 19.1 Å². The molecule has 0 saturated carbocycles. The predicted molar refractivity (Wildman–Crippen MR) is 65.4 cm³/mol. The van der Waals surface area contributed by atoms with Crippen LogP contribution in [-0.2, 0) is 7.05 Å². The zero-order chi connectivity index (χ0) is 12.6. The average Bonchev–Trinajstić information content (AvgIpc) is 2.55. The van der Waals surface area contributed by atoms with Crippen molar-refractivity contribution >= 4 is 17.6 Å². The number of aryl methyl sites for hydroxylation is 1. The van der Waals surface area contributed by atoms with Gasteiger partial charge in [-0.1, -0.05) is 23.7 Å². The molecule has 1 N–H and O–H groups in total. The first-order valence-corrected chi connectivity index (χ1v) is 5.41. The molecule has 0 saturated heterocycles. The third-order valence-corrected chi connectivity index (χ3v) is 2.88. The first-order valence-electron chi connectivity index (χ1n) is 5.03. The van der Waals surface area contributed by atoms with Crippen LogP contribution in [-0.4, -0.2) is 20.9 Å². The highest BCUT2D eigenvalue weighted by molar-refractivity contribution is 6.30. The molecule has 88 valence electrons. The van der Waals surface area contributed by atoms with Crippen molar-refractivity contribution in [2.24, 2.45) is 7.05 Å². The van der Waals surface area contributed by atoms with E-state index in [-0.39, 0.29) is 5.56 Å². The van der Waals surface area contributed by atoms with Crippen LogP contribution >= 0.6 is 11.6 Å². The highest BCUT2D eigenvalue weighted by Crippen LogP contribution is 2.26. The molecule has 2 rings (SSSR count). The van der Waals surface area contributed by atoms with Gasteiger partial charge in [-0.15, -0.1) is 0 Å². The van der Waals surface area contributed by atoms with Crippen LogP contribution in [0.5, 0.6) is 0 Å². The minimum Gasteiger partial charge on any atom is -0.478 e. The largest absolute Gasteiger partial charge is 0.478 e. The van der Waals surface area contributed by atoms with Crippen molar-refractivity contribution in [3.05, 3.63) is 40.5 Å². The molecule has 0 spiro atoms.